The van der Waals surface area contributed by atoms with Crippen molar-refractivity contribution in [2.24, 2.45) is 7.05 Å². The molecule has 2 aromatic rings. The molecule has 0 aliphatic rings. The van der Waals surface area contributed by atoms with Crippen LogP contribution in [0, 0.1) is 6.92 Å². The van der Waals surface area contributed by atoms with Gasteiger partial charge in [0, 0.05) is 25.7 Å². The summed E-state index contributed by atoms with van der Waals surface area (Å²) in [5, 5.41) is 13.8. The maximum atomic E-state index is 12.2. The Kier molecular flexibility index (Phi) is 6.13. The summed E-state index contributed by atoms with van der Waals surface area (Å²) >= 11 is 3.39. The highest BCUT2D eigenvalue weighted by Crippen LogP contribution is 2.16. The number of nitrogens with zero attached hydrogens (tertiary/aromatic N) is 4. The van der Waals surface area contributed by atoms with Crippen molar-refractivity contribution in [1.29, 1.82) is 0 Å². The Morgan fingerprint density at radius 1 is 1.29 bits per heavy atom. The predicted octanol–water partition coefficient (Wildman–Crippen LogP) is 1.86. The van der Waals surface area contributed by atoms with Crippen LogP contribution < -0.4 is 10.6 Å². The largest absolute Gasteiger partial charge is 0.351 e. The van der Waals surface area contributed by atoms with Gasteiger partial charge in [0.25, 0.3) is 5.91 Å². The molecule has 0 saturated heterocycles. The van der Waals surface area contributed by atoms with Crippen LogP contribution in [0.2, 0.25) is 0 Å². The summed E-state index contributed by atoms with van der Waals surface area (Å²) in [5.41, 5.74) is 1.72. The molecule has 0 saturated carbocycles. The fourth-order valence-corrected chi connectivity index (χ4v) is 2.49. The number of amides is 2. The van der Waals surface area contributed by atoms with Gasteiger partial charge in [0.2, 0.25) is 5.91 Å². The number of carbonyl (C=O) groups excluding carboxylic acids is 2. The number of carbonyl (C=O) groups is 2. The lowest BCUT2D eigenvalue weighted by molar-refractivity contribution is -0.116. The second-order valence-corrected chi connectivity index (χ2v) is 6.24. The fourth-order valence-electron chi connectivity index (χ4n) is 2.19. The molecule has 9 heteroatoms. The number of hydrogen-bond donors (Lipinski definition) is 2. The van der Waals surface area contributed by atoms with E-state index in [1.807, 2.05) is 13.8 Å². The van der Waals surface area contributed by atoms with Gasteiger partial charge in [-0.1, -0.05) is 6.92 Å². The molecule has 0 fully saturated rings. The van der Waals surface area contributed by atoms with Crippen LogP contribution in [0.3, 0.4) is 0 Å². The topological polar surface area (TPSA) is 93.8 Å². The third-order valence-electron chi connectivity index (χ3n) is 3.56. The van der Waals surface area contributed by atoms with Crippen LogP contribution in [-0.4, -0.2) is 37.9 Å². The van der Waals surface area contributed by atoms with Crippen molar-refractivity contribution in [3.05, 3.63) is 28.3 Å². The quantitative estimate of drug-likeness (QED) is 0.746. The normalized spacial score (nSPS) is 10.7. The molecule has 2 N–H and O–H groups in total. The van der Waals surface area contributed by atoms with E-state index in [2.05, 4.69) is 36.8 Å². The summed E-state index contributed by atoms with van der Waals surface area (Å²) in [6.45, 7) is 4.93. The second kappa shape index (κ2) is 8.09. The van der Waals surface area contributed by atoms with Crippen molar-refractivity contribution >= 4 is 33.4 Å². The van der Waals surface area contributed by atoms with Gasteiger partial charge in [0.1, 0.15) is 5.69 Å². The van der Waals surface area contributed by atoms with E-state index in [-0.39, 0.29) is 18.2 Å². The molecule has 0 aliphatic carbocycles. The van der Waals surface area contributed by atoms with Crippen molar-refractivity contribution < 1.29 is 9.59 Å². The van der Waals surface area contributed by atoms with Crippen LogP contribution in [-0.2, 0) is 18.4 Å². The highest BCUT2D eigenvalue weighted by molar-refractivity contribution is 9.10. The minimum Gasteiger partial charge on any atom is -0.351 e. The summed E-state index contributed by atoms with van der Waals surface area (Å²) in [7, 11) is 1.67. The SMILES string of the molecule is CCCNC(=O)c1c(NC(=O)CCn2ncc(Br)c2C)cnn1C. The van der Waals surface area contributed by atoms with Crippen molar-refractivity contribution in [3.8, 4) is 0 Å². The van der Waals surface area contributed by atoms with Crippen LogP contribution in [0.25, 0.3) is 0 Å². The Hall–Kier alpha value is -2.16. The zero-order valence-electron chi connectivity index (χ0n) is 14.0. The van der Waals surface area contributed by atoms with E-state index in [4.69, 9.17) is 0 Å². The predicted molar refractivity (Wildman–Crippen MR) is 93.7 cm³/mol. The number of halogens is 1. The van der Waals surface area contributed by atoms with E-state index in [0.29, 0.717) is 24.5 Å². The average Bonchev–Trinajstić information content (AvgIpc) is 3.07. The lowest BCUT2D eigenvalue weighted by Gasteiger charge is -2.09. The summed E-state index contributed by atoms with van der Waals surface area (Å²) in [4.78, 5) is 24.3. The molecular weight excluding hydrogens is 376 g/mol. The molecule has 0 atom stereocenters. The Morgan fingerprint density at radius 3 is 2.67 bits per heavy atom. The smallest absolute Gasteiger partial charge is 0.271 e. The van der Waals surface area contributed by atoms with Gasteiger partial charge in [-0.2, -0.15) is 10.2 Å². The van der Waals surface area contributed by atoms with Crippen LogP contribution in [0.5, 0.6) is 0 Å². The van der Waals surface area contributed by atoms with Gasteiger partial charge in [0.15, 0.2) is 0 Å². The first-order valence-corrected chi connectivity index (χ1v) is 8.51. The molecule has 2 amide bonds. The lowest BCUT2D eigenvalue weighted by atomic mass is 10.3. The molecule has 0 unspecified atom stereocenters. The first kappa shape index (κ1) is 18.2. The van der Waals surface area contributed by atoms with Crippen molar-refractivity contribution in [3.63, 3.8) is 0 Å². The van der Waals surface area contributed by atoms with Gasteiger partial charge in [-0.05, 0) is 29.3 Å². The van der Waals surface area contributed by atoms with Crippen molar-refractivity contribution in [2.75, 3.05) is 11.9 Å². The summed E-state index contributed by atoms with van der Waals surface area (Å²) in [6.07, 6.45) is 4.27. The first-order chi connectivity index (χ1) is 11.4. The molecule has 130 valence electrons. The van der Waals surface area contributed by atoms with Crippen LogP contribution >= 0.6 is 15.9 Å². The Labute approximate surface area is 148 Å². The third kappa shape index (κ3) is 4.22. The molecule has 0 radical (unpaired) electrons. The fraction of sp³-hybridized carbons (Fsp3) is 0.467. The molecular formula is C15H21BrN6O2. The number of anilines is 1. The second-order valence-electron chi connectivity index (χ2n) is 5.39. The number of aromatic nitrogens is 4. The van der Waals surface area contributed by atoms with Gasteiger partial charge < -0.3 is 10.6 Å². The summed E-state index contributed by atoms with van der Waals surface area (Å²) in [5.74, 6) is -0.447. The van der Waals surface area contributed by atoms with Gasteiger partial charge in [0.05, 0.1) is 29.1 Å². The maximum absolute atomic E-state index is 12.2. The standard InChI is InChI=1S/C15H21BrN6O2/c1-4-6-17-15(24)14-12(9-18-21(14)3)20-13(23)5-7-22-10(2)11(16)8-19-22/h8-9H,4-7H2,1-3H3,(H,17,24)(H,20,23). The zero-order chi connectivity index (χ0) is 17.7. The zero-order valence-corrected chi connectivity index (χ0v) is 15.6. The van der Waals surface area contributed by atoms with E-state index in [1.165, 1.54) is 10.9 Å². The Balaban J connectivity index is 1.99. The minimum absolute atomic E-state index is 0.196. The van der Waals surface area contributed by atoms with Crippen molar-refractivity contribution in [1.82, 2.24) is 24.9 Å². The first-order valence-electron chi connectivity index (χ1n) is 7.72. The van der Waals surface area contributed by atoms with E-state index in [0.717, 1.165) is 16.6 Å². The molecule has 2 aromatic heterocycles. The van der Waals surface area contributed by atoms with Crippen LogP contribution in [0.1, 0.15) is 35.9 Å². The Morgan fingerprint density at radius 2 is 2.04 bits per heavy atom. The molecule has 2 heterocycles. The van der Waals surface area contributed by atoms with Gasteiger partial charge in [-0.25, -0.2) is 0 Å². The molecule has 0 aliphatic heterocycles. The maximum Gasteiger partial charge on any atom is 0.271 e. The van der Waals surface area contributed by atoms with Crippen LogP contribution in [0.4, 0.5) is 5.69 Å². The molecule has 0 bridgehead atoms. The number of hydrogen-bond acceptors (Lipinski definition) is 4. The number of rotatable bonds is 7. The third-order valence-corrected chi connectivity index (χ3v) is 4.34. The highest BCUT2D eigenvalue weighted by atomic mass is 79.9. The highest BCUT2D eigenvalue weighted by Gasteiger charge is 2.18. The average molecular weight is 397 g/mol. The molecule has 24 heavy (non-hydrogen) atoms. The molecule has 0 aromatic carbocycles. The lowest BCUT2D eigenvalue weighted by Crippen LogP contribution is -2.27. The van der Waals surface area contributed by atoms with Gasteiger partial charge in [-0.15, -0.1) is 0 Å². The Bertz CT molecular complexity index is 736. The molecule has 0 spiro atoms. The monoisotopic (exact) mass is 396 g/mol. The number of nitrogens with one attached hydrogen (secondary N) is 2. The molecule has 2 rings (SSSR count). The van der Waals surface area contributed by atoms with E-state index in [9.17, 15) is 9.59 Å². The van der Waals surface area contributed by atoms with Gasteiger partial charge >= 0.3 is 0 Å². The molecule has 8 nitrogen and oxygen atoms in total. The summed E-state index contributed by atoms with van der Waals surface area (Å²) in [6, 6.07) is 0. The van der Waals surface area contributed by atoms with Crippen molar-refractivity contribution in [2.45, 2.75) is 33.2 Å². The minimum atomic E-state index is -0.251. The van der Waals surface area contributed by atoms with Gasteiger partial charge in [-0.3, -0.25) is 19.0 Å². The van der Waals surface area contributed by atoms with E-state index in [1.54, 1.807) is 17.9 Å². The van der Waals surface area contributed by atoms with Crippen LogP contribution in [0.15, 0.2) is 16.9 Å². The number of aryl methyl sites for hydroxylation is 2. The van der Waals surface area contributed by atoms with E-state index >= 15 is 0 Å². The summed E-state index contributed by atoms with van der Waals surface area (Å²) < 4.78 is 4.11. The van der Waals surface area contributed by atoms with E-state index < -0.39 is 0 Å².